The average Bonchev–Trinajstić information content (AvgIpc) is 3.44. The standard InChI is InChI=1S/C20H15N7O3/c1-29-20(28)13-8-15(22-11-14(10-21)19-24-26-27-25-19)18-16(9-13)23-17(30-18)7-12-5-3-2-4-6-12/h2-6,8-9,11,22H,7H2,1H3,(H,24,25,26,27). The van der Waals surface area contributed by atoms with Crippen molar-refractivity contribution in [3.63, 3.8) is 0 Å². The number of anilines is 1. The molecule has 2 aromatic heterocycles. The van der Waals surface area contributed by atoms with Crippen LogP contribution in [0.1, 0.15) is 27.6 Å². The lowest BCUT2D eigenvalue weighted by atomic mass is 10.1. The molecule has 10 heteroatoms. The Bertz CT molecular complexity index is 1260. The number of fused-ring (bicyclic) bond motifs is 1. The SMILES string of the molecule is COC(=O)c1cc(NC=C(C#N)c2nn[nH]n2)c2oc(Cc3ccccc3)nc2c1. The molecular weight excluding hydrogens is 386 g/mol. The van der Waals surface area contributed by atoms with Crippen LogP contribution in [-0.2, 0) is 11.2 Å². The van der Waals surface area contributed by atoms with E-state index >= 15 is 0 Å². The van der Waals surface area contributed by atoms with Crippen LogP contribution < -0.4 is 5.32 Å². The highest BCUT2D eigenvalue weighted by Gasteiger charge is 2.16. The van der Waals surface area contributed by atoms with Gasteiger partial charge in [-0.3, -0.25) is 0 Å². The number of nitriles is 1. The second-order valence-corrected chi connectivity index (χ2v) is 6.18. The molecule has 148 valence electrons. The van der Waals surface area contributed by atoms with Crippen molar-refractivity contribution in [1.82, 2.24) is 25.6 Å². The minimum atomic E-state index is -0.518. The van der Waals surface area contributed by atoms with Crippen molar-refractivity contribution in [2.45, 2.75) is 6.42 Å². The first-order chi connectivity index (χ1) is 14.7. The van der Waals surface area contributed by atoms with Gasteiger partial charge in [-0.2, -0.15) is 10.5 Å². The van der Waals surface area contributed by atoms with Gasteiger partial charge in [-0.25, -0.2) is 9.78 Å². The number of carbonyl (C=O) groups is 1. The molecule has 30 heavy (non-hydrogen) atoms. The van der Waals surface area contributed by atoms with E-state index in [0.717, 1.165) is 5.56 Å². The largest absolute Gasteiger partial charge is 0.465 e. The molecule has 0 fully saturated rings. The van der Waals surface area contributed by atoms with Gasteiger partial charge in [0.05, 0.1) is 18.4 Å². The molecule has 4 rings (SSSR count). The van der Waals surface area contributed by atoms with Gasteiger partial charge in [-0.05, 0) is 22.9 Å². The summed E-state index contributed by atoms with van der Waals surface area (Å²) in [5, 5.41) is 25.6. The Morgan fingerprint density at radius 1 is 1.33 bits per heavy atom. The van der Waals surface area contributed by atoms with Crippen LogP contribution in [0.4, 0.5) is 5.69 Å². The molecule has 0 aliphatic carbocycles. The first kappa shape index (κ1) is 18.8. The van der Waals surface area contributed by atoms with E-state index in [1.807, 2.05) is 36.4 Å². The molecule has 2 heterocycles. The van der Waals surface area contributed by atoms with Gasteiger partial charge in [0.2, 0.25) is 5.82 Å². The Kier molecular flexibility index (Phi) is 5.17. The van der Waals surface area contributed by atoms with Gasteiger partial charge < -0.3 is 14.5 Å². The number of hydrogen-bond acceptors (Lipinski definition) is 9. The molecule has 0 unspecified atom stereocenters. The number of aromatic nitrogens is 5. The van der Waals surface area contributed by atoms with Crippen LogP contribution in [0.5, 0.6) is 0 Å². The van der Waals surface area contributed by atoms with Crippen LogP contribution in [0.25, 0.3) is 16.7 Å². The molecule has 2 aromatic carbocycles. The number of carbonyl (C=O) groups excluding carboxylic acids is 1. The number of H-pyrrole nitrogens is 1. The minimum absolute atomic E-state index is 0.132. The van der Waals surface area contributed by atoms with Crippen molar-refractivity contribution in [2.24, 2.45) is 0 Å². The summed E-state index contributed by atoms with van der Waals surface area (Å²) in [7, 11) is 1.30. The highest BCUT2D eigenvalue weighted by Crippen LogP contribution is 2.28. The summed E-state index contributed by atoms with van der Waals surface area (Å²) < 4.78 is 10.8. The number of methoxy groups -OCH3 is 1. The number of aromatic amines is 1. The van der Waals surface area contributed by atoms with E-state index in [1.165, 1.54) is 13.3 Å². The number of oxazole rings is 1. The first-order valence-corrected chi connectivity index (χ1v) is 8.84. The molecule has 0 aliphatic rings. The number of benzene rings is 2. The lowest BCUT2D eigenvalue weighted by Gasteiger charge is -2.05. The number of hydrogen-bond donors (Lipinski definition) is 2. The number of allylic oxidation sites excluding steroid dienone is 1. The van der Waals surface area contributed by atoms with Crippen molar-refractivity contribution in [3.05, 3.63) is 71.5 Å². The zero-order valence-corrected chi connectivity index (χ0v) is 15.8. The Balaban J connectivity index is 1.74. The van der Waals surface area contributed by atoms with Gasteiger partial charge in [0.15, 0.2) is 11.5 Å². The predicted molar refractivity (Wildman–Crippen MR) is 106 cm³/mol. The molecule has 0 radical (unpaired) electrons. The van der Waals surface area contributed by atoms with Gasteiger partial charge in [0.1, 0.15) is 17.2 Å². The van der Waals surface area contributed by atoms with Crippen LogP contribution in [-0.4, -0.2) is 38.7 Å². The summed E-state index contributed by atoms with van der Waals surface area (Å²) in [4.78, 5) is 16.6. The normalized spacial score (nSPS) is 11.3. The van der Waals surface area contributed by atoms with Crippen molar-refractivity contribution in [1.29, 1.82) is 5.26 Å². The molecule has 2 N–H and O–H groups in total. The Morgan fingerprint density at radius 2 is 2.17 bits per heavy atom. The summed E-state index contributed by atoms with van der Waals surface area (Å²) in [5.74, 6) is 0.104. The number of nitrogens with one attached hydrogen (secondary N) is 2. The minimum Gasteiger partial charge on any atom is -0.465 e. The van der Waals surface area contributed by atoms with Gasteiger partial charge in [-0.1, -0.05) is 30.3 Å². The van der Waals surface area contributed by atoms with Crippen LogP contribution in [0, 0.1) is 11.3 Å². The fourth-order valence-corrected chi connectivity index (χ4v) is 2.84. The molecule has 0 atom stereocenters. The Labute approximate surface area is 170 Å². The smallest absolute Gasteiger partial charge is 0.338 e. The molecule has 0 saturated carbocycles. The third kappa shape index (κ3) is 3.85. The van der Waals surface area contributed by atoms with Crippen LogP contribution in [0.3, 0.4) is 0 Å². The summed E-state index contributed by atoms with van der Waals surface area (Å²) in [6.07, 6.45) is 1.89. The Hall–Kier alpha value is -4.52. The van der Waals surface area contributed by atoms with Crippen LogP contribution in [0.2, 0.25) is 0 Å². The fourth-order valence-electron chi connectivity index (χ4n) is 2.84. The van der Waals surface area contributed by atoms with E-state index in [1.54, 1.807) is 12.1 Å². The lowest BCUT2D eigenvalue weighted by Crippen LogP contribution is -2.02. The van der Waals surface area contributed by atoms with E-state index in [0.29, 0.717) is 34.7 Å². The molecule has 10 nitrogen and oxygen atoms in total. The fraction of sp³-hybridized carbons (Fsp3) is 0.100. The van der Waals surface area contributed by atoms with E-state index in [2.05, 4.69) is 30.9 Å². The predicted octanol–water partition coefficient (Wildman–Crippen LogP) is 2.69. The summed E-state index contributed by atoms with van der Waals surface area (Å²) in [5.41, 5.74) is 2.84. The molecule has 0 bridgehead atoms. The molecule has 0 saturated heterocycles. The molecule has 0 aliphatic heterocycles. The highest BCUT2D eigenvalue weighted by atomic mass is 16.5. The maximum absolute atomic E-state index is 12.1. The van der Waals surface area contributed by atoms with Gasteiger partial charge in [-0.15, -0.1) is 10.2 Å². The number of rotatable bonds is 6. The molecular formula is C20H15N7O3. The summed E-state index contributed by atoms with van der Waals surface area (Å²) >= 11 is 0. The number of tetrazole rings is 1. The van der Waals surface area contributed by atoms with E-state index < -0.39 is 5.97 Å². The van der Waals surface area contributed by atoms with E-state index in [9.17, 15) is 10.1 Å². The van der Waals surface area contributed by atoms with Crippen LogP contribution >= 0.6 is 0 Å². The maximum atomic E-state index is 12.1. The lowest BCUT2D eigenvalue weighted by molar-refractivity contribution is 0.0601. The zero-order valence-electron chi connectivity index (χ0n) is 15.8. The molecule has 0 spiro atoms. The highest BCUT2D eigenvalue weighted by molar-refractivity contribution is 5.98. The van der Waals surface area contributed by atoms with Crippen molar-refractivity contribution in [2.75, 3.05) is 12.4 Å². The monoisotopic (exact) mass is 401 g/mol. The van der Waals surface area contributed by atoms with Gasteiger partial charge in [0, 0.05) is 12.6 Å². The Morgan fingerprint density at radius 3 is 2.87 bits per heavy atom. The van der Waals surface area contributed by atoms with Crippen LogP contribution in [0.15, 0.2) is 53.1 Å². The average molecular weight is 401 g/mol. The molecule has 0 amide bonds. The van der Waals surface area contributed by atoms with Crippen molar-refractivity contribution in [3.8, 4) is 6.07 Å². The van der Waals surface area contributed by atoms with Gasteiger partial charge >= 0.3 is 5.97 Å². The van der Waals surface area contributed by atoms with Crippen molar-refractivity contribution >= 4 is 28.3 Å². The second kappa shape index (κ2) is 8.24. The van der Waals surface area contributed by atoms with E-state index in [-0.39, 0.29) is 11.4 Å². The summed E-state index contributed by atoms with van der Waals surface area (Å²) in [6.45, 7) is 0. The summed E-state index contributed by atoms with van der Waals surface area (Å²) in [6, 6.07) is 14.9. The zero-order chi connectivity index (χ0) is 20.9. The maximum Gasteiger partial charge on any atom is 0.338 e. The number of esters is 1. The number of ether oxygens (including phenoxy) is 1. The quantitative estimate of drug-likeness (QED) is 0.368. The second-order valence-electron chi connectivity index (χ2n) is 6.18. The topological polar surface area (TPSA) is 143 Å². The first-order valence-electron chi connectivity index (χ1n) is 8.84. The van der Waals surface area contributed by atoms with Gasteiger partial charge in [0.25, 0.3) is 0 Å². The third-order valence-corrected chi connectivity index (χ3v) is 4.23. The third-order valence-electron chi connectivity index (χ3n) is 4.23. The van der Waals surface area contributed by atoms with Crippen molar-refractivity contribution < 1.29 is 13.9 Å². The number of nitrogens with zero attached hydrogens (tertiary/aromatic N) is 5. The van der Waals surface area contributed by atoms with E-state index in [4.69, 9.17) is 9.15 Å². The molecule has 4 aromatic rings.